The predicted molar refractivity (Wildman–Crippen MR) is 97.7 cm³/mol. The zero-order valence-corrected chi connectivity index (χ0v) is 15.9. The normalized spacial score (nSPS) is 11.2. The fourth-order valence-corrected chi connectivity index (χ4v) is 4.59. The average Bonchev–Trinajstić information content (AvgIpc) is 2.45. The zero-order chi connectivity index (χ0) is 18.1. The minimum absolute atomic E-state index is 0.0161. The number of nitrogens with one attached hydrogen (secondary N) is 1. The van der Waals surface area contributed by atoms with Crippen molar-refractivity contribution < 1.29 is 18.3 Å². The van der Waals surface area contributed by atoms with Gasteiger partial charge in [0.15, 0.2) is 0 Å². The van der Waals surface area contributed by atoms with E-state index in [1.54, 1.807) is 37.2 Å². The highest BCUT2D eigenvalue weighted by molar-refractivity contribution is 9.10. The van der Waals surface area contributed by atoms with Gasteiger partial charge in [-0.15, -0.1) is 0 Å². The number of aromatic carboxylic acids is 1. The predicted octanol–water partition coefficient (Wildman–Crippen LogP) is 3.67. The van der Waals surface area contributed by atoms with Crippen LogP contribution >= 0.6 is 27.5 Å². The van der Waals surface area contributed by atoms with Crippen LogP contribution in [0.1, 0.15) is 10.4 Å². The van der Waals surface area contributed by atoms with Gasteiger partial charge in [-0.1, -0.05) is 17.7 Å². The van der Waals surface area contributed by atoms with Crippen LogP contribution in [-0.2, 0) is 10.0 Å². The molecule has 0 saturated heterocycles. The Hall–Kier alpha value is -1.77. The molecule has 128 valence electrons. The van der Waals surface area contributed by atoms with Gasteiger partial charge in [0, 0.05) is 18.6 Å². The Morgan fingerprint density at radius 3 is 2.46 bits per heavy atom. The molecular formula is C15H14BrClN2O4S. The van der Waals surface area contributed by atoms with E-state index in [1.165, 1.54) is 18.2 Å². The van der Waals surface area contributed by atoms with Gasteiger partial charge in [-0.2, -0.15) is 0 Å². The Morgan fingerprint density at radius 2 is 1.92 bits per heavy atom. The molecule has 24 heavy (non-hydrogen) atoms. The number of sulfonamides is 1. The van der Waals surface area contributed by atoms with Gasteiger partial charge in [0.25, 0.3) is 10.0 Å². The SMILES string of the molecule is CN(C)c1c(Cl)cccc1NS(=O)(=O)c1ccc(C(=O)O)cc1Br. The van der Waals surface area contributed by atoms with Gasteiger partial charge in [-0.25, -0.2) is 13.2 Å². The third-order valence-corrected chi connectivity index (χ3v) is 5.79. The van der Waals surface area contributed by atoms with Gasteiger partial charge in [-0.3, -0.25) is 4.72 Å². The summed E-state index contributed by atoms with van der Waals surface area (Å²) in [5.74, 6) is -1.14. The molecule has 0 aliphatic heterocycles. The maximum absolute atomic E-state index is 12.6. The first-order valence-corrected chi connectivity index (χ1v) is 9.30. The minimum atomic E-state index is -3.93. The van der Waals surface area contributed by atoms with Crippen LogP contribution in [0.5, 0.6) is 0 Å². The van der Waals surface area contributed by atoms with Crippen molar-refractivity contribution >= 4 is 54.9 Å². The highest BCUT2D eigenvalue weighted by atomic mass is 79.9. The van der Waals surface area contributed by atoms with Crippen LogP contribution in [0, 0.1) is 0 Å². The topological polar surface area (TPSA) is 86.7 Å². The summed E-state index contributed by atoms with van der Waals surface area (Å²) in [5, 5.41) is 9.36. The van der Waals surface area contributed by atoms with Gasteiger partial charge in [0.2, 0.25) is 0 Å². The number of carbonyl (C=O) groups is 1. The van der Waals surface area contributed by atoms with Crippen LogP contribution in [0.4, 0.5) is 11.4 Å². The van der Waals surface area contributed by atoms with Crippen molar-refractivity contribution in [3.63, 3.8) is 0 Å². The second-order valence-electron chi connectivity index (χ2n) is 5.09. The number of rotatable bonds is 5. The second-order valence-corrected chi connectivity index (χ2v) is 8.00. The van der Waals surface area contributed by atoms with Crippen molar-refractivity contribution in [2.75, 3.05) is 23.7 Å². The van der Waals surface area contributed by atoms with Crippen molar-refractivity contribution in [1.82, 2.24) is 0 Å². The first kappa shape index (κ1) is 18.6. The van der Waals surface area contributed by atoms with E-state index in [0.717, 1.165) is 0 Å². The van der Waals surface area contributed by atoms with E-state index in [9.17, 15) is 13.2 Å². The van der Waals surface area contributed by atoms with E-state index in [1.807, 2.05) is 0 Å². The molecule has 0 unspecified atom stereocenters. The number of para-hydroxylation sites is 1. The molecule has 6 nitrogen and oxygen atoms in total. The van der Waals surface area contributed by atoms with Gasteiger partial charge >= 0.3 is 5.97 Å². The summed E-state index contributed by atoms with van der Waals surface area (Å²) in [4.78, 5) is 12.6. The maximum Gasteiger partial charge on any atom is 0.335 e. The fourth-order valence-electron chi connectivity index (χ4n) is 2.10. The smallest absolute Gasteiger partial charge is 0.335 e. The number of carboxylic acids is 1. The van der Waals surface area contributed by atoms with Gasteiger partial charge in [-0.05, 0) is 46.3 Å². The lowest BCUT2D eigenvalue weighted by atomic mass is 10.2. The van der Waals surface area contributed by atoms with Crippen LogP contribution in [0.15, 0.2) is 45.8 Å². The summed E-state index contributed by atoms with van der Waals surface area (Å²) in [7, 11) is -0.441. The van der Waals surface area contributed by atoms with Crippen LogP contribution in [0.2, 0.25) is 5.02 Å². The second kappa shape index (κ2) is 7.00. The molecule has 0 heterocycles. The first-order chi connectivity index (χ1) is 11.1. The van der Waals surface area contributed by atoms with Crippen LogP contribution in [0.25, 0.3) is 0 Å². The standard InChI is InChI=1S/C15H14BrClN2O4S/c1-19(2)14-11(17)4-3-5-12(14)18-24(22,23)13-7-6-9(15(20)21)8-10(13)16/h3-8,18H,1-2H3,(H,20,21). The third-order valence-electron chi connectivity index (χ3n) is 3.15. The van der Waals surface area contributed by atoms with Crippen molar-refractivity contribution in [2.24, 2.45) is 0 Å². The van der Waals surface area contributed by atoms with Gasteiger partial charge in [0.1, 0.15) is 4.90 Å². The Balaban J connectivity index is 2.47. The number of anilines is 2. The molecule has 0 bridgehead atoms. The minimum Gasteiger partial charge on any atom is -0.478 e. The van der Waals surface area contributed by atoms with E-state index < -0.39 is 16.0 Å². The molecule has 0 radical (unpaired) electrons. The molecule has 0 atom stereocenters. The highest BCUT2D eigenvalue weighted by Crippen LogP contribution is 2.34. The lowest BCUT2D eigenvalue weighted by Crippen LogP contribution is -2.18. The molecule has 0 saturated carbocycles. The van der Waals surface area contributed by atoms with Crippen molar-refractivity contribution in [2.45, 2.75) is 4.90 Å². The van der Waals surface area contributed by atoms with E-state index in [-0.39, 0.29) is 14.9 Å². The summed E-state index contributed by atoms with van der Waals surface area (Å²) in [6.45, 7) is 0. The molecular weight excluding hydrogens is 420 g/mol. The van der Waals surface area contributed by atoms with Gasteiger partial charge in [0.05, 0.1) is 22.0 Å². The molecule has 2 aromatic rings. The number of hydrogen-bond acceptors (Lipinski definition) is 4. The monoisotopic (exact) mass is 432 g/mol. The third kappa shape index (κ3) is 3.82. The van der Waals surface area contributed by atoms with Crippen LogP contribution in [-0.4, -0.2) is 33.6 Å². The molecule has 0 aliphatic carbocycles. The molecule has 2 N–H and O–H groups in total. The maximum atomic E-state index is 12.6. The first-order valence-electron chi connectivity index (χ1n) is 6.65. The number of halogens is 2. The summed E-state index contributed by atoms with van der Waals surface area (Å²) in [6.07, 6.45) is 0. The largest absolute Gasteiger partial charge is 0.478 e. The highest BCUT2D eigenvalue weighted by Gasteiger charge is 2.21. The molecule has 0 aliphatic rings. The zero-order valence-electron chi connectivity index (χ0n) is 12.7. The number of benzene rings is 2. The van der Waals surface area contributed by atoms with Crippen molar-refractivity contribution in [3.05, 3.63) is 51.5 Å². The molecule has 2 rings (SSSR count). The van der Waals surface area contributed by atoms with E-state index in [2.05, 4.69) is 20.7 Å². The van der Waals surface area contributed by atoms with Crippen molar-refractivity contribution in [1.29, 1.82) is 0 Å². The Labute approximate surface area is 153 Å². The lowest BCUT2D eigenvalue weighted by Gasteiger charge is -2.20. The Bertz CT molecular complexity index is 900. The number of carboxylic acid groups (broad SMARTS) is 1. The Kier molecular flexibility index (Phi) is 5.42. The lowest BCUT2D eigenvalue weighted by molar-refractivity contribution is 0.0696. The fraction of sp³-hybridized carbons (Fsp3) is 0.133. The number of nitrogens with zero attached hydrogens (tertiary/aromatic N) is 1. The molecule has 0 amide bonds. The average molecular weight is 434 g/mol. The quantitative estimate of drug-likeness (QED) is 0.751. The number of hydrogen-bond donors (Lipinski definition) is 2. The summed E-state index contributed by atoms with van der Waals surface area (Å²) < 4.78 is 27.9. The van der Waals surface area contributed by atoms with E-state index in [0.29, 0.717) is 16.4 Å². The van der Waals surface area contributed by atoms with Crippen LogP contribution in [0.3, 0.4) is 0 Å². The summed E-state index contributed by atoms with van der Waals surface area (Å²) in [6, 6.07) is 8.59. The molecule has 0 fully saturated rings. The van der Waals surface area contributed by atoms with E-state index >= 15 is 0 Å². The molecule has 9 heteroatoms. The van der Waals surface area contributed by atoms with Crippen molar-refractivity contribution in [3.8, 4) is 0 Å². The molecule has 2 aromatic carbocycles. The van der Waals surface area contributed by atoms with Gasteiger partial charge < -0.3 is 10.0 Å². The van der Waals surface area contributed by atoms with Crippen LogP contribution < -0.4 is 9.62 Å². The summed E-state index contributed by atoms with van der Waals surface area (Å²) in [5.41, 5.74) is 0.834. The molecule has 0 aromatic heterocycles. The Morgan fingerprint density at radius 1 is 1.25 bits per heavy atom. The summed E-state index contributed by atoms with van der Waals surface area (Å²) >= 11 is 9.24. The van der Waals surface area contributed by atoms with E-state index in [4.69, 9.17) is 16.7 Å². The molecule has 0 spiro atoms.